The Balaban J connectivity index is 1.70. The van der Waals surface area contributed by atoms with Gasteiger partial charge in [-0.25, -0.2) is 4.68 Å². The minimum Gasteiger partial charge on any atom is -0.379 e. The smallest absolute Gasteiger partial charge is 0.0819 e. The normalized spacial score (nSPS) is 10.6. The maximum atomic E-state index is 5.97. The van der Waals surface area contributed by atoms with Crippen LogP contribution in [0.5, 0.6) is 0 Å². The van der Waals surface area contributed by atoms with Gasteiger partial charge in [-0.3, -0.25) is 0 Å². The summed E-state index contributed by atoms with van der Waals surface area (Å²) in [7, 11) is 0. The van der Waals surface area contributed by atoms with Crippen molar-refractivity contribution < 1.29 is 0 Å². The van der Waals surface area contributed by atoms with Crippen LogP contribution in [0.25, 0.3) is 5.69 Å². The molecule has 0 spiro atoms. The third-order valence-electron chi connectivity index (χ3n) is 3.00. The molecule has 0 unspecified atom stereocenters. The molecule has 3 rings (SSSR count). The van der Waals surface area contributed by atoms with Crippen LogP contribution in [-0.2, 0) is 6.54 Å². The van der Waals surface area contributed by atoms with E-state index >= 15 is 0 Å². The summed E-state index contributed by atoms with van der Waals surface area (Å²) in [6.45, 7) is 0.608. The predicted molar refractivity (Wildman–Crippen MR) is 87.4 cm³/mol. The van der Waals surface area contributed by atoms with Crippen LogP contribution in [0.2, 0.25) is 10.0 Å². The van der Waals surface area contributed by atoms with E-state index < -0.39 is 0 Å². The Kier molecular flexibility index (Phi) is 4.13. The van der Waals surface area contributed by atoms with Gasteiger partial charge in [0.25, 0.3) is 0 Å². The van der Waals surface area contributed by atoms with E-state index in [1.807, 2.05) is 59.4 Å². The van der Waals surface area contributed by atoms with E-state index in [0.717, 1.165) is 17.1 Å². The molecular formula is C16H13Cl2N3. The fourth-order valence-corrected chi connectivity index (χ4v) is 2.56. The first-order chi connectivity index (χ1) is 10.2. The molecule has 0 aliphatic carbocycles. The van der Waals surface area contributed by atoms with E-state index in [2.05, 4.69) is 10.4 Å². The zero-order valence-electron chi connectivity index (χ0n) is 11.1. The number of hydrogen-bond acceptors (Lipinski definition) is 2. The van der Waals surface area contributed by atoms with E-state index in [1.165, 1.54) is 0 Å². The summed E-state index contributed by atoms with van der Waals surface area (Å²) in [6, 6.07) is 17.3. The molecule has 1 heterocycles. The number of anilines is 1. The highest BCUT2D eigenvalue weighted by atomic mass is 35.5. The lowest BCUT2D eigenvalue weighted by molar-refractivity contribution is 0.844. The summed E-state index contributed by atoms with van der Waals surface area (Å²) < 4.78 is 1.85. The number of rotatable bonds is 4. The van der Waals surface area contributed by atoms with Crippen molar-refractivity contribution in [3.05, 3.63) is 76.5 Å². The highest BCUT2D eigenvalue weighted by Gasteiger charge is 2.02. The van der Waals surface area contributed by atoms with Crippen molar-refractivity contribution in [2.24, 2.45) is 0 Å². The lowest BCUT2D eigenvalue weighted by Gasteiger charge is -2.06. The molecule has 0 amide bonds. The van der Waals surface area contributed by atoms with Gasteiger partial charge in [0.15, 0.2) is 0 Å². The molecule has 21 heavy (non-hydrogen) atoms. The molecule has 0 aliphatic rings. The van der Waals surface area contributed by atoms with E-state index in [1.54, 1.807) is 6.07 Å². The number of aromatic nitrogens is 2. The Morgan fingerprint density at radius 1 is 0.952 bits per heavy atom. The summed E-state index contributed by atoms with van der Waals surface area (Å²) in [5.74, 6) is 0. The Morgan fingerprint density at radius 3 is 2.38 bits per heavy atom. The van der Waals surface area contributed by atoms with Gasteiger partial charge in [-0.15, -0.1) is 0 Å². The zero-order chi connectivity index (χ0) is 14.7. The van der Waals surface area contributed by atoms with Crippen LogP contribution < -0.4 is 5.32 Å². The molecule has 0 saturated heterocycles. The van der Waals surface area contributed by atoms with E-state index in [0.29, 0.717) is 16.6 Å². The molecule has 0 saturated carbocycles. The molecule has 5 heteroatoms. The van der Waals surface area contributed by atoms with Gasteiger partial charge in [0.1, 0.15) is 0 Å². The summed E-state index contributed by atoms with van der Waals surface area (Å²) in [6.07, 6.45) is 1.94. The van der Waals surface area contributed by atoms with Gasteiger partial charge >= 0.3 is 0 Å². The largest absolute Gasteiger partial charge is 0.379 e. The SMILES string of the molecule is Clc1cc(Cl)cc(NCc2ccn(-c3ccccc3)n2)c1. The van der Waals surface area contributed by atoms with Crippen molar-refractivity contribution in [3.63, 3.8) is 0 Å². The average molecular weight is 318 g/mol. The number of nitrogens with one attached hydrogen (secondary N) is 1. The molecule has 3 aromatic rings. The van der Waals surface area contributed by atoms with Crippen molar-refractivity contribution in [3.8, 4) is 5.69 Å². The fraction of sp³-hybridized carbons (Fsp3) is 0.0625. The van der Waals surface area contributed by atoms with Crippen molar-refractivity contribution in [1.82, 2.24) is 9.78 Å². The minimum atomic E-state index is 0.608. The quantitative estimate of drug-likeness (QED) is 0.749. The second kappa shape index (κ2) is 6.20. The highest BCUT2D eigenvalue weighted by molar-refractivity contribution is 6.35. The molecule has 0 fully saturated rings. The van der Waals surface area contributed by atoms with Crippen LogP contribution >= 0.6 is 23.2 Å². The number of halogens is 2. The lowest BCUT2D eigenvalue weighted by Crippen LogP contribution is -2.02. The Bertz CT molecular complexity index is 718. The second-order valence-corrected chi connectivity index (χ2v) is 5.47. The first-order valence-electron chi connectivity index (χ1n) is 6.51. The molecule has 0 aliphatic heterocycles. The maximum Gasteiger partial charge on any atom is 0.0819 e. The average Bonchev–Trinajstić information content (AvgIpc) is 2.94. The molecule has 106 valence electrons. The van der Waals surface area contributed by atoms with Crippen molar-refractivity contribution >= 4 is 28.9 Å². The molecule has 0 radical (unpaired) electrons. The molecule has 3 nitrogen and oxygen atoms in total. The van der Waals surface area contributed by atoms with Gasteiger partial charge in [-0.1, -0.05) is 41.4 Å². The topological polar surface area (TPSA) is 29.9 Å². The van der Waals surface area contributed by atoms with E-state index in [-0.39, 0.29) is 0 Å². The van der Waals surface area contributed by atoms with Gasteiger partial charge in [-0.05, 0) is 36.4 Å². The number of hydrogen-bond donors (Lipinski definition) is 1. The number of benzene rings is 2. The van der Waals surface area contributed by atoms with Crippen LogP contribution in [0, 0.1) is 0 Å². The van der Waals surface area contributed by atoms with Crippen molar-refractivity contribution in [1.29, 1.82) is 0 Å². The molecule has 1 aromatic heterocycles. The summed E-state index contributed by atoms with van der Waals surface area (Å²) >= 11 is 11.9. The summed E-state index contributed by atoms with van der Waals surface area (Å²) in [5.41, 5.74) is 2.85. The maximum absolute atomic E-state index is 5.97. The van der Waals surface area contributed by atoms with E-state index in [9.17, 15) is 0 Å². The molecule has 0 atom stereocenters. The van der Waals surface area contributed by atoms with Gasteiger partial charge < -0.3 is 5.32 Å². The third-order valence-corrected chi connectivity index (χ3v) is 3.44. The van der Waals surface area contributed by atoms with Gasteiger partial charge in [0.05, 0.1) is 17.9 Å². The predicted octanol–water partition coefficient (Wildman–Crippen LogP) is 4.79. The van der Waals surface area contributed by atoms with E-state index in [4.69, 9.17) is 23.2 Å². The first kappa shape index (κ1) is 14.0. The zero-order valence-corrected chi connectivity index (χ0v) is 12.6. The third kappa shape index (κ3) is 3.57. The number of para-hydroxylation sites is 1. The summed E-state index contributed by atoms with van der Waals surface area (Å²) in [4.78, 5) is 0. The van der Waals surface area contributed by atoms with Gasteiger partial charge in [0.2, 0.25) is 0 Å². The minimum absolute atomic E-state index is 0.608. The van der Waals surface area contributed by atoms with Crippen LogP contribution in [0.1, 0.15) is 5.69 Å². The molecule has 2 aromatic carbocycles. The van der Waals surface area contributed by atoms with Crippen LogP contribution in [0.15, 0.2) is 60.8 Å². The van der Waals surface area contributed by atoms with Crippen LogP contribution in [0.4, 0.5) is 5.69 Å². The lowest BCUT2D eigenvalue weighted by atomic mass is 10.3. The second-order valence-electron chi connectivity index (χ2n) is 4.60. The van der Waals surface area contributed by atoms with Crippen LogP contribution in [0.3, 0.4) is 0 Å². The van der Waals surface area contributed by atoms with Gasteiger partial charge in [0, 0.05) is 21.9 Å². The Morgan fingerprint density at radius 2 is 1.67 bits per heavy atom. The molecular weight excluding hydrogens is 305 g/mol. The van der Waals surface area contributed by atoms with Crippen LogP contribution in [-0.4, -0.2) is 9.78 Å². The standard InChI is InChI=1S/C16H13Cl2N3/c17-12-8-13(18)10-15(9-12)19-11-14-6-7-21(20-14)16-4-2-1-3-5-16/h1-10,19H,11H2. The van der Waals surface area contributed by atoms with Crippen molar-refractivity contribution in [2.75, 3.05) is 5.32 Å². The number of nitrogens with zero attached hydrogens (tertiary/aromatic N) is 2. The van der Waals surface area contributed by atoms with Crippen molar-refractivity contribution in [2.45, 2.75) is 6.54 Å². The fourth-order valence-electron chi connectivity index (χ4n) is 2.03. The van der Waals surface area contributed by atoms with Gasteiger partial charge in [-0.2, -0.15) is 5.10 Å². The molecule has 0 bridgehead atoms. The Hall–Kier alpha value is -1.97. The molecule has 1 N–H and O–H groups in total. The Labute approximate surface area is 133 Å². The highest BCUT2D eigenvalue weighted by Crippen LogP contribution is 2.22. The summed E-state index contributed by atoms with van der Waals surface area (Å²) in [5, 5.41) is 9.01. The first-order valence-corrected chi connectivity index (χ1v) is 7.26. The monoisotopic (exact) mass is 317 g/mol.